The molecule has 5 rings (SSSR count). The van der Waals surface area contributed by atoms with Crippen LogP contribution in [0, 0.1) is 0 Å². The predicted molar refractivity (Wildman–Crippen MR) is 118 cm³/mol. The predicted octanol–water partition coefficient (Wildman–Crippen LogP) is 5.48. The van der Waals surface area contributed by atoms with Crippen molar-refractivity contribution in [3.05, 3.63) is 102 Å². The average molecular weight is 395 g/mol. The zero-order valence-corrected chi connectivity index (χ0v) is 16.8. The summed E-state index contributed by atoms with van der Waals surface area (Å²) >= 11 is 0. The van der Waals surface area contributed by atoms with Gasteiger partial charge in [-0.25, -0.2) is 0 Å². The molecule has 4 nitrogen and oxygen atoms in total. The molecule has 4 aromatic rings. The van der Waals surface area contributed by atoms with Crippen molar-refractivity contribution in [3.8, 4) is 11.5 Å². The number of benzene rings is 4. The minimum Gasteiger partial charge on any atom is -0.456 e. The van der Waals surface area contributed by atoms with Gasteiger partial charge in [-0.2, -0.15) is 0 Å². The molecule has 0 spiro atoms. The summed E-state index contributed by atoms with van der Waals surface area (Å²) in [6.45, 7) is 0.535. The molecule has 148 valence electrons. The fourth-order valence-corrected chi connectivity index (χ4v) is 4.35. The van der Waals surface area contributed by atoms with Crippen molar-refractivity contribution in [2.24, 2.45) is 0 Å². The molecule has 1 heterocycles. The molecule has 0 saturated heterocycles. The topological polar surface area (TPSA) is 38.8 Å². The van der Waals surface area contributed by atoms with Crippen molar-refractivity contribution < 1.29 is 14.3 Å². The van der Waals surface area contributed by atoms with E-state index in [1.54, 1.807) is 0 Å². The van der Waals surface area contributed by atoms with E-state index in [-0.39, 0.29) is 0 Å². The SMILES string of the molecule is CN(C)c1ccc2c(c1)Oc1ccc3ccccc3c1C2(OC=O)c1ccccc1. The minimum atomic E-state index is -1.11. The van der Waals surface area contributed by atoms with E-state index in [9.17, 15) is 4.79 Å². The van der Waals surface area contributed by atoms with Crippen LogP contribution in [0.1, 0.15) is 16.7 Å². The van der Waals surface area contributed by atoms with Crippen molar-refractivity contribution in [2.75, 3.05) is 19.0 Å². The molecular weight excluding hydrogens is 374 g/mol. The Hall–Kier alpha value is -3.79. The van der Waals surface area contributed by atoms with Crippen molar-refractivity contribution in [1.82, 2.24) is 0 Å². The van der Waals surface area contributed by atoms with Crippen LogP contribution in [0.25, 0.3) is 10.8 Å². The zero-order valence-electron chi connectivity index (χ0n) is 16.8. The maximum atomic E-state index is 11.9. The number of carbonyl (C=O) groups excluding carboxylic acids is 1. The highest BCUT2D eigenvalue weighted by atomic mass is 16.5. The standard InChI is InChI=1S/C26H21NO3/c1-27(2)20-13-14-22-24(16-20)30-23-15-12-18-8-6-7-11-21(18)25(23)26(22,29-17-28)19-9-4-3-5-10-19/h3-17H,1-2H3. The van der Waals surface area contributed by atoms with E-state index in [1.165, 1.54) is 0 Å². The first-order valence-corrected chi connectivity index (χ1v) is 9.84. The Bertz CT molecular complexity index is 1250. The van der Waals surface area contributed by atoms with Gasteiger partial charge in [0.15, 0.2) is 5.60 Å². The van der Waals surface area contributed by atoms with Crippen molar-refractivity contribution in [1.29, 1.82) is 0 Å². The van der Waals surface area contributed by atoms with Crippen LogP contribution in [0.2, 0.25) is 0 Å². The van der Waals surface area contributed by atoms with Crippen LogP contribution < -0.4 is 9.64 Å². The minimum absolute atomic E-state index is 0.535. The maximum absolute atomic E-state index is 11.9. The number of carbonyl (C=O) groups is 1. The van der Waals surface area contributed by atoms with Gasteiger partial charge in [0.25, 0.3) is 6.47 Å². The molecule has 0 saturated carbocycles. The van der Waals surface area contributed by atoms with Gasteiger partial charge in [0.2, 0.25) is 0 Å². The summed E-state index contributed by atoms with van der Waals surface area (Å²) in [5.41, 5.74) is 2.40. The van der Waals surface area contributed by atoms with Gasteiger partial charge in [-0.1, -0.05) is 60.7 Å². The van der Waals surface area contributed by atoms with E-state index >= 15 is 0 Å². The van der Waals surface area contributed by atoms with Crippen molar-refractivity contribution in [2.45, 2.75) is 5.60 Å². The number of rotatable bonds is 4. The molecule has 0 bridgehead atoms. The largest absolute Gasteiger partial charge is 0.456 e. The summed E-state index contributed by atoms with van der Waals surface area (Å²) in [4.78, 5) is 13.9. The number of ether oxygens (including phenoxy) is 2. The second kappa shape index (κ2) is 6.92. The summed E-state index contributed by atoms with van der Waals surface area (Å²) in [5.74, 6) is 1.36. The second-order valence-corrected chi connectivity index (χ2v) is 7.60. The van der Waals surface area contributed by atoms with Crippen LogP contribution in [0.5, 0.6) is 11.5 Å². The molecular formula is C26H21NO3. The van der Waals surface area contributed by atoms with Gasteiger partial charge < -0.3 is 14.4 Å². The summed E-state index contributed by atoms with van der Waals surface area (Å²) in [7, 11) is 3.97. The number of anilines is 1. The molecule has 1 unspecified atom stereocenters. The van der Waals surface area contributed by atoms with Gasteiger partial charge in [-0.3, -0.25) is 4.79 Å². The summed E-state index contributed by atoms with van der Waals surface area (Å²) in [6.07, 6.45) is 0. The molecule has 0 aliphatic carbocycles. The molecule has 30 heavy (non-hydrogen) atoms. The van der Waals surface area contributed by atoms with Crippen LogP contribution >= 0.6 is 0 Å². The van der Waals surface area contributed by atoms with E-state index in [2.05, 4.69) is 6.07 Å². The van der Waals surface area contributed by atoms with E-state index in [4.69, 9.17) is 9.47 Å². The fourth-order valence-electron chi connectivity index (χ4n) is 4.35. The molecule has 1 aliphatic rings. The zero-order chi connectivity index (χ0) is 20.7. The molecule has 0 N–H and O–H groups in total. The number of nitrogens with zero attached hydrogens (tertiary/aromatic N) is 1. The Morgan fingerprint density at radius 3 is 2.40 bits per heavy atom. The van der Waals surface area contributed by atoms with E-state index < -0.39 is 5.60 Å². The first-order valence-electron chi connectivity index (χ1n) is 9.84. The van der Waals surface area contributed by atoms with Crippen LogP contribution in [-0.2, 0) is 15.1 Å². The molecule has 4 heteroatoms. The lowest BCUT2D eigenvalue weighted by molar-refractivity contribution is -0.137. The lowest BCUT2D eigenvalue weighted by Crippen LogP contribution is -2.36. The van der Waals surface area contributed by atoms with Crippen LogP contribution in [0.3, 0.4) is 0 Å². The van der Waals surface area contributed by atoms with Crippen LogP contribution in [-0.4, -0.2) is 20.6 Å². The lowest BCUT2D eigenvalue weighted by Gasteiger charge is -2.40. The first-order chi connectivity index (χ1) is 14.6. The number of hydrogen-bond donors (Lipinski definition) is 0. The monoisotopic (exact) mass is 395 g/mol. The van der Waals surface area contributed by atoms with Crippen LogP contribution in [0.4, 0.5) is 5.69 Å². The quantitative estimate of drug-likeness (QED) is 0.429. The van der Waals surface area contributed by atoms with Gasteiger partial charge >= 0.3 is 0 Å². The Labute approximate surface area is 175 Å². The molecule has 4 aromatic carbocycles. The number of fused-ring (bicyclic) bond motifs is 4. The van der Waals surface area contributed by atoms with E-state index in [0.29, 0.717) is 18.0 Å². The first kappa shape index (κ1) is 18.3. The van der Waals surface area contributed by atoms with E-state index in [0.717, 1.165) is 33.2 Å². The highest BCUT2D eigenvalue weighted by Gasteiger charge is 2.47. The average Bonchev–Trinajstić information content (AvgIpc) is 2.78. The molecule has 0 fully saturated rings. The molecule has 0 amide bonds. The Morgan fingerprint density at radius 2 is 1.63 bits per heavy atom. The molecule has 1 atom stereocenters. The molecule has 1 aliphatic heterocycles. The van der Waals surface area contributed by atoms with Gasteiger partial charge in [-0.05, 0) is 29.0 Å². The lowest BCUT2D eigenvalue weighted by atomic mass is 9.76. The summed E-state index contributed by atoms with van der Waals surface area (Å²) < 4.78 is 12.4. The Balaban J connectivity index is 1.93. The van der Waals surface area contributed by atoms with Gasteiger partial charge in [0.1, 0.15) is 11.5 Å². The van der Waals surface area contributed by atoms with Crippen LogP contribution in [0.15, 0.2) is 84.9 Å². The summed E-state index contributed by atoms with van der Waals surface area (Å²) in [6, 6.07) is 27.9. The smallest absolute Gasteiger partial charge is 0.294 e. The third-order valence-corrected chi connectivity index (χ3v) is 5.73. The normalized spacial score (nSPS) is 16.9. The van der Waals surface area contributed by atoms with Gasteiger partial charge in [0.05, 0.1) is 5.56 Å². The second-order valence-electron chi connectivity index (χ2n) is 7.60. The fraction of sp³-hybridized carbons (Fsp3) is 0.115. The Morgan fingerprint density at radius 1 is 0.867 bits per heavy atom. The third-order valence-electron chi connectivity index (χ3n) is 5.73. The van der Waals surface area contributed by atoms with Crippen molar-refractivity contribution in [3.63, 3.8) is 0 Å². The summed E-state index contributed by atoms with van der Waals surface area (Å²) in [5, 5.41) is 2.05. The van der Waals surface area contributed by atoms with Gasteiger partial charge in [0, 0.05) is 37.0 Å². The van der Waals surface area contributed by atoms with E-state index in [1.807, 2.05) is 97.9 Å². The van der Waals surface area contributed by atoms with Crippen molar-refractivity contribution >= 4 is 22.9 Å². The highest BCUT2D eigenvalue weighted by molar-refractivity contribution is 5.91. The Kier molecular flexibility index (Phi) is 4.21. The molecule has 0 aromatic heterocycles. The highest BCUT2D eigenvalue weighted by Crippen LogP contribution is 2.54. The van der Waals surface area contributed by atoms with Gasteiger partial charge in [-0.15, -0.1) is 0 Å². The number of hydrogen-bond acceptors (Lipinski definition) is 4. The molecule has 0 radical (unpaired) electrons. The third kappa shape index (κ3) is 2.57. The maximum Gasteiger partial charge on any atom is 0.294 e.